The van der Waals surface area contributed by atoms with Crippen LogP contribution in [0.5, 0.6) is 11.5 Å². The fourth-order valence-electron chi connectivity index (χ4n) is 2.68. The molecule has 0 bridgehead atoms. The molecule has 1 aliphatic rings. The molecule has 1 atom stereocenters. The van der Waals surface area contributed by atoms with Crippen LogP contribution in [-0.2, 0) is 16.3 Å². The predicted molar refractivity (Wildman–Crippen MR) is 77.6 cm³/mol. The SMILES string of the molecule is O=S(=O)(c1ccc(Oc2cncc(F)c2)c2c1C(O)C(F)(F)C2)C(F)(F)F. The molecule has 0 spiro atoms. The second-order valence-corrected chi connectivity index (χ2v) is 7.59. The number of rotatable bonds is 3. The lowest BCUT2D eigenvalue weighted by atomic mass is 10.1. The predicted octanol–water partition coefficient (Wildman–Crippen LogP) is 3.53. The number of halogens is 6. The normalized spacial score (nSPS) is 19.0. The van der Waals surface area contributed by atoms with E-state index < -0.39 is 61.4 Å². The van der Waals surface area contributed by atoms with Gasteiger partial charge in [0, 0.05) is 23.6 Å². The average Bonchev–Trinajstić information content (AvgIpc) is 2.77. The van der Waals surface area contributed by atoms with Gasteiger partial charge in [0.25, 0.3) is 15.8 Å². The number of aliphatic hydroxyl groups is 1. The molecule has 1 N–H and O–H groups in total. The van der Waals surface area contributed by atoms with Crippen LogP contribution in [0.15, 0.2) is 35.5 Å². The molecule has 1 unspecified atom stereocenters. The summed E-state index contributed by atoms with van der Waals surface area (Å²) in [6.07, 6.45) is -2.20. The maximum absolute atomic E-state index is 13.9. The summed E-state index contributed by atoms with van der Waals surface area (Å²) in [5.74, 6) is -5.45. The highest BCUT2D eigenvalue weighted by Gasteiger charge is 2.55. The Bertz CT molecular complexity index is 1010. The molecule has 0 radical (unpaired) electrons. The first-order valence-electron chi connectivity index (χ1n) is 7.16. The second kappa shape index (κ2) is 6.09. The molecule has 146 valence electrons. The summed E-state index contributed by atoms with van der Waals surface area (Å²) in [7, 11) is -6.00. The lowest BCUT2D eigenvalue weighted by molar-refractivity contribution is -0.0978. The first-order chi connectivity index (χ1) is 12.3. The smallest absolute Gasteiger partial charge is 0.455 e. The number of ether oxygens (including phenoxy) is 1. The number of nitrogens with zero attached hydrogens (tertiary/aromatic N) is 1. The highest BCUT2D eigenvalue weighted by molar-refractivity contribution is 7.92. The number of pyridine rings is 1. The van der Waals surface area contributed by atoms with E-state index in [4.69, 9.17) is 4.74 Å². The van der Waals surface area contributed by atoms with Gasteiger partial charge in [-0.25, -0.2) is 21.6 Å². The monoisotopic (exact) mass is 413 g/mol. The minimum atomic E-state index is -6.00. The van der Waals surface area contributed by atoms with Crippen molar-refractivity contribution < 1.29 is 44.6 Å². The molecule has 1 heterocycles. The number of benzene rings is 1. The fourth-order valence-corrected chi connectivity index (χ4v) is 3.70. The second-order valence-electron chi connectivity index (χ2n) is 5.68. The summed E-state index contributed by atoms with van der Waals surface area (Å²) >= 11 is 0. The van der Waals surface area contributed by atoms with Crippen LogP contribution in [0.25, 0.3) is 0 Å². The Morgan fingerprint density at radius 1 is 1.22 bits per heavy atom. The van der Waals surface area contributed by atoms with Gasteiger partial charge in [-0.15, -0.1) is 0 Å². The van der Waals surface area contributed by atoms with Gasteiger partial charge in [-0.1, -0.05) is 0 Å². The van der Waals surface area contributed by atoms with Crippen LogP contribution >= 0.6 is 0 Å². The minimum Gasteiger partial charge on any atom is -0.455 e. The van der Waals surface area contributed by atoms with Crippen molar-refractivity contribution in [2.24, 2.45) is 0 Å². The van der Waals surface area contributed by atoms with Crippen molar-refractivity contribution >= 4 is 9.84 Å². The number of aromatic nitrogens is 1. The van der Waals surface area contributed by atoms with Crippen molar-refractivity contribution in [3.05, 3.63) is 47.5 Å². The van der Waals surface area contributed by atoms with Crippen LogP contribution in [0, 0.1) is 5.82 Å². The molecular weight excluding hydrogens is 404 g/mol. The summed E-state index contributed by atoms with van der Waals surface area (Å²) in [6.45, 7) is 0. The number of aliphatic hydroxyl groups excluding tert-OH is 1. The highest BCUT2D eigenvalue weighted by Crippen LogP contribution is 2.51. The van der Waals surface area contributed by atoms with E-state index in [0.29, 0.717) is 6.07 Å². The summed E-state index contributed by atoms with van der Waals surface area (Å²) in [5, 5.41) is 9.74. The van der Waals surface area contributed by atoms with Gasteiger partial charge in [0.2, 0.25) is 0 Å². The molecule has 2 aromatic rings. The Kier molecular flexibility index (Phi) is 4.38. The van der Waals surface area contributed by atoms with Crippen LogP contribution in [0.2, 0.25) is 0 Å². The topological polar surface area (TPSA) is 76.5 Å². The largest absolute Gasteiger partial charge is 0.501 e. The van der Waals surface area contributed by atoms with Gasteiger partial charge in [-0.05, 0) is 12.1 Å². The van der Waals surface area contributed by atoms with Crippen LogP contribution in [0.1, 0.15) is 17.2 Å². The van der Waals surface area contributed by atoms with Crippen LogP contribution < -0.4 is 4.74 Å². The molecule has 12 heteroatoms. The van der Waals surface area contributed by atoms with Crippen molar-refractivity contribution in [2.75, 3.05) is 0 Å². The van der Waals surface area contributed by atoms with Crippen molar-refractivity contribution in [1.29, 1.82) is 0 Å². The zero-order valence-electron chi connectivity index (χ0n) is 13.0. The van der Waals surface area contributed by atoms with E-state index in [9.17, 15) is 39.9 Å². The maximum Gasteiger partial charge on any atom is 0.501 e. The molecule has 0 amide bonds. The van der Waals surface area contributed by atoms with Crippen LogP contribution in [-0.4, -0.2) is 29.9 Å². The number of fused-ring (bicyclic) bond motifs is 1. The fraction of sp³-hybridized carbons (Fsp3) is 0.267. The molecule has 0 fully saturated rings. The van der Waals surface area contributed by atoms with Gasteiger partial charge >= 0.3 is 5.51 Å². The van der Waals surface area contributed by atoms with Gasteiger partial charge in [-0.2, -0.15) is 13.2 Å². The average molecular weight is 413 g/mol. The molecule has 5 nitrogen and oxygen atoms in total. The van der Waals surface area contributed by atoms with Gasteiger partial charge in [-0.3, -0.25) is 4.98 Å². The summed E-state index contributed by atoms with van der Waals surface area (Å²) in [4.78, 5) is 1.98. The zero-order valence-corrected chi connectivity index (χ0v) is 13.8. The van der Waals surface area contributed by atoms with E-state index in [1.165, 1.54) is 0 Å². The Hall–Kier alpha value is -2.34. The van der Waals surface area contributed by atoms with E-state index in [2.05, 4.69) is 4.98 Å². The number of sulfone groups is 1. The number of hydrogen-bond acceptors (Lipinski definition) is 5. The van der Waals surface area contributed by atoms with Crippen molar-refractivity contribution in [2.45, 2.75) is 28.9 Å². The van der Waals surface area contributed by atoms with Crippen LogP contribution in [0.3, 0.4) is 0 Å². The third-order valence-corrected chi connectivity index (χ3v) is 5.41. The lowest BCUT2D eigenvalue weighted by Gasteiger charge is -2.17. The third-order valence-electron chi connectivity index (χ3n) is 3.86. The van der Waals surface area contributed by atoms with Gasteiger partial charge in [0.1, 0.15) is 23.4 Å². The Balaban J connectivity index is 2.19. The summed E-state index contributed by atoms with van der Waals surface area (Å²) < 4.78 is 108. The highest BCUT2D eigenvalue weighted by atomic mass is 32.2. The molecule has 3 rings (SSSR count). The molecule has 1 aromatic heterocycles. The molecular formula is C15H9F6NO4S. The molecule has 0 saturated carbocycles. The number of alkyl halides is 5. The molecule has 0 saturated heterocycles. The van der Waals surface area contributed by atoms with E-state index in [0.717, 1.165) is 24.5 Å². The molecule has 27 heavy (non-hydrogen) atoms. The third kappa shape index (κ3) is 3.23. The van der Waals surface area contributed by atoms with E-state index in [-0.39, 0.29) is 5.75 Å². The Morgan fingerprint density at radius 3 is 2.48 bits per heavy atom. The van der Waals surface area contributed by atoms with E-state index in [1.807, 2.05) is 0 Å². The first-order valence-corrected chi connectivity index (χ1v) is 8.64. The summed E-state index contributed by atoms with van der Waals surface area (Å²) in [5.41, 5.74) is -7.48. The van der Waals surface area contributed by atoms with Gasteiger partial charge in [0.15, 0.2) is 0 Å². The maximum atomic E-state index is 13.9. The summed E-state index contributed by atoms with van der Waals surface area (Å²) in [6, 6.07) is 1.98. The first kappa shape index (κ1) is 19.4. The minimum absolute atomic E-state index is 0.256. The standard InChI is InChI=1S/C15H9F6NO4S/c16-7-3-8(6-22-5-7)26-10-1-2-11(27(24,25)15(19,20)21)12-9(10)4-14(17,18)13(12)23/h1-3,5-6,13,23H,4H2. The lowest BCUT2D eigenvalue weighted by Crippen LogP contribution is -2.26. The van der Waals surface area contributed by atoms with Crippen molar-refractivity contribution in [3.63, 3.8) is 0 Å². The number of hydrogen-bond donors (Lipinski definition) is 1. The molecule has 1 aliphatic carbocycles. The van der Waals surface area contributed by atoms with Gasteiger partial charge < -0.3 is 9.84 Å². The van der Waals surface area contributed by atoms with Crippen molar-refractivity contribution in [3.8, 4) is 11.5 Å². The van der Waals surface area contributed by atoms with E-state index >= 15 is 0 Å². The van der Waals surface area contributed by atoms with Crippen LogP contribution in [0.4, 0.5) is 26.3 Å². The van der Waals surface area contributed by atoms with Gasteiger partial charge in [0.05, 0.1) is 17.3 Å². The Morgan fingerprint density at radius 2 is 1.89 bits per heavy atom. The van der Waals surface area contributed by atoms with E-state index in [1.54, 1.807) is 0 Å². The Labute approximate surface area is 148 Å². The zero-order chi connectivity index (χ0) is 20.2. The molecule has 0 aliphatic heterocycles. The van der Waals surface area contributed by atoms with Crippen molar-refractivity contribution in [1.82, 2.24) is 4.98 Å². The molecule has 1 aromatic carbocycles. The quantitative estimate of drug-likeness (QED) is 0.780.